The number of carboxylic acids is 1. The van der Waals surface area contributed by atoms with Crippen molar-refractivity contribution in [3.8, 4) is 0 Å². The summed E-state index contributed by atoms with van der Waals surface area (Å²) in [4.78, 5) is 17.8. The first kappa shape index (κ1) is 14.7. The van der Waals surface area contributed by atoms with Crippen LogP contribution < -0.4 is 4.90 Å². The summed E-state index contributed by atoms with van der Waals surface area (Å²) < 4.78 is 10.8. The number of anilines is 1. The minimum Gasteiger partial charge on any atom is -0.478 e. The average Bonchev–Trinajstić information content (AvgIpc) is 2.80. The van der Waals surface area contributed by atoms with Crippen LogP contribution in [0, 0.1) is 13.8 Å². The minimum atomic E-state index is -0.958. The van der Waals surface area contributed by atoms with E-state index >= 15 is 0 Å². The summed E-state index contributed by atoms with van der Waals surface area (Å²) >= 11 is 0. The van der Waals surface area contributed by atoms with Crippen molar-refractivity contribution in [1.82, 2.24) is 4.98 Å². The van der Waals surface area contributed by atoms with Gasteiger partial charge in [-0.05, 0) is 25.5 Å². The Kier molecular flexibility index (Phi) is 4.25. The second kappa shape index (κ2) is 5.76. The molecule has 0 spiro atoms. The zero-order valence-electron chi connectivity index (χ0n) is 12.2. The Morgan fingerprint density at radius 3 is 2.30 bits per heavy atom. The van der Waals surface area contributed by atoms with Crippen molar-refractivity contribution >= 4 is 11.8 Å². The number of carbonyl (C=O) groups is 1. The molecular weight excluding hydrogens is 260 g/mol. The third-order valence-electron chi connectivity index (χ3n) is 3.66. The molecule has 1 fully saturated rings. The van der Waals surface area contributed by atoms with Crippen LogP contribution >= 0.6 is 0 Å². The zero-order valence-corrected chi connectivity index (χ0v) is 12.2. The second-order valence-electron chi connectivity index (χ2n) is 5.04. The number of hydrogen-bond donors (Lipinski definition) is 1. The Bertz CT molecular complexity index is 506. The number of carboxylic acid groups (broad SMARTS) is 1. The van der Waals surface area contributed by atoms with Crippen LogP contribution in [0.3, 0.4) is 0 Å². The smallest absolute Gasteiger partial charge is 0.339 e. The van der Waals surface area contributed by atoms with Crippen LogP contribution in [0.5, 0.6) is 0 Å². The van der Waals surface area contributed by atoms with Gasteiger partial charge in [-0.1, -0.05) is 0 Å². The Hall–Kier alpha value is -1.66. The summed E-state index contributed by atoms with van der Waals surface area (Å²) in [7, 11) is 3.26. The van der Waals surface area contributed by atoms with Crippen molar-refractivity contribution in [2.24, 2.45) is 0 Å². The predicted octanol–water partition coefficient (Wildman–Crippen LogP) is 1.25. The van der Waals surface area contributed by atoms with Gasteiger partial charge in [-0.25, -0.2) is 9.78 Å². The monoisotopic (exact) mass is 280 g/mol. The Balaban J connectivity index is 2.40. The van der Waals surface area contributed by atoms with Gasteiger partial charge in [0.05, 0.1) is 0 Å². The molecule has 1 aromatic heterocycles. The molecule has 2 unspecified atom stereocenters. The lowest BCUT2D eigenvalue weighted by atomic mass is 10.1. The van der Waals surface area contributed by atoms with Crippen molar-refractivity contribution in [2.75, 3.05) is 32.2 Å². The molecule has 1 aliphatic heterocycles. The molecule has 110 valence electrons. The summed E-state index contributed by atoms with van der Waals surface area (Å²) in [6.07, 6.45) is -0.159. The summed E-state index contributed by atoms with van der Waals surface area (Å²) in [6, 6.07) is 1.78. The number of aromatic nitrogens is 1. The van der Waals surface area contributed by atoms with Crippen molar-refractivity contribution in [3.05, 3.63) is 22.9 Å². The standard InChI is InChI=1S/C14H20N2O4/c1-8-5-9(2)15-13(12(8)14(17)18)16-6-10(19-3)11(7-16)20-4/h5,10-11H,6-7H2,1-4H3,(H,17,18). The highest BCUT2D eigenvalue weighted by Crippen LogP contribution is 2.27. The molecule has 1 aromatic rings. The predicted molar refractivity (Wildman–Crippen MR) is 74.5 cm³/mol. The van der Waals surface area contributed by atoms with E-state index in [1.165, 1.54) is 0 Å². The van der Waals surface area contributed by atoms with Crippen molar-refractivity contribution < 1.29 is 19.4 Å². The quantitative estimate of drug-likeness (QED) is 0.895. The van der Waals surface area contributed by atoms with Crippen LogP contribution in [0.1, 0.15) is 21.6 Å². The van der Waals surface area contributed by atoms with Gasteiger partial charge in [0.15, 0.2) is 0 Å². The summed E-state index contributed by atoms with van der Waals surface area (Å²) in [5, 5.41) is 9.41. The molecule has 6 nitrogen and oxygen atoms in total. The molecule has 0 aliphatic carbocycles. The lowest BCUT2D eigenvalue weighted by Gasteiger charge is -2.20. The molecule has 2 rings (SSSR count). The van der Waals surface area contributed by atoms with Gasteiger partial charge in [-0.15, -0.1) is 0 Å². The van der Waals surface area contributed by atoms with Crippen molar-refractivity contribution in [3.63, 3.8) is 0 Å². The molecule has 6 heteroatoms. The third-order valence-corrected chi connectivity index (χ3v) is 3.66. The van der Waals surface area contributed by atoms with Gasteiger partial charge in [-0.3, -0.25) is 0 Å². The minimum absolute atomic E-state index is 0.0794. The summed E-state index contributed by atoms with van der Waals surface area (Å²) in [5.41, 5.74) is 1.77. The zero-order chi connectivity index (χ0) is 14.9. The number of hydrogen-bond acceptors (Lipinski definition) is 5. The van der Waals surface area contributed by atoms with E-state index in [2.05, 4.69) is 4.98 Å². The Morgan fingerprint density at radius 2 is 1.85 bits per heavy atom. The molecule has 0 amide bonds. The number of aryl methyl sites for hydroxylation is 2. The first-order chi connectivity index (χ1) is 9.47. The SMILES string of the molecule is COC1CN(c2nc(C)cc(C)c2C(=O)O)CC1OC. The van der Waals surface area contributed by atoms with Crippen LogP contribution in [0.25, 0.3) is 0 Å². The van der Waals surface area contributed by atoms with E-state index in [4.69, 9.17) is 9.47 Å². The van der Waals surface area contributed by atoms with Crippen LogP contribution in [0.4, 0.5) is 5.82 Å². The van der Waals surface area contributed by atoms with Gasteiger partial charge in [0.1, 0.15) is 23.6 Å². The fourth-order valence-corrected chi connectivity index (χ4v) is 2.68. The van der Waals surface area contributed by atoms with Gasteiger partial charge >= 0.3 is 5.97 Å². The molecule has 0 bridgehead atoms. The van der Waals surface area contributed by atoms with E-state index in [0.717, 1.165) is 11.3 Å². The fraction of sp³-hybridized carbons (Fsp3) is 0.571. The highest BCUT2D eigenvalue weighted by molar-refractivity contribution is 5.95. The fourth-order valence-electron chi connectivity index (χ4n) is 2.68. The maximum Gasteiger partial charge on any atom is 0.339 e. The highest BCUT2D eigenvalue weighted by atomic mass is 16.5. The topological polar surface area (TPSA) is 71.9 Å². The van der Waals surface area contributed by atoms with E-state index in [0.29, 0.717) is 18.9 Å². The van der Waals surface area contributed by atoms with Gasteiger partial charge in [0.25, 0.3) is 0 Å². The van der Waals surface area contributed by atoms with Gasteiger partial charge in [0, 0.05) is 33.0 Å². The van der Waals surface area contributed by atoms with Crippen LogP contribution in [0.15, 0.2) is 6.07 Å². The van der Waals surface area contributed by atoms with Gasteiger partial charge in [-0.2, -0.15) is 0 Å². The maximum atomic E-state index is 11.5. The van der Waals surface area contributed by atoms with Crippen LogP contribution in [-0.4, -0.2) is 55.6 Å². The third kappa shape index (κ3) is 2.62. The molecular formula is C14H20N2O4. The maximum absolute atomic E-state index is 11.5. The van der Waals surface area contributed by atoms with E-state index < -0.39 is 5.97 Å². The molecule has 1 aliphatic rings. The molecule has 2 atom stereocenters. The Labute approximate surface area is 118 Å². The average molecular weight is 280 g/mol. The van der Waals surface area contributed by atoms with Gasteiger partial charge in [0.2, 0.25) is 0 Å². The van der Waals surface area contributed by atoms with Crippen LogP contribution in [-0.2, 0) is 9.47 Å². The molecule has 0 saturated carbocycles. The lowest BCUT2D eigenvalue weighted by molar-refractivity contribution is -0.00461. The molecule has 0 aromatic carbocycles. The second-order valence-corrected chi connectivity index (χ2v) is 5.04. The van der Waals surface area contributed by atoms with Crippen molar-refractivity contribution in [1.29, 1.82) is 0 Å². The number of rotatable bonds is 4. The molecule has 20 heavy (non-hydrogen) atoms. The largest absolute Gasteiger partial charge is 0.478 e. The first-order valence-electron chi connectivity index (χ1n) is 6.50. The number of methoxy groups -OCH3 is 2. The van der Waals surface area contributed by atoms with Crippen molar-refractivity contribution in [2.45, 2.75) is 26.1 Å². The highest BCUT2D eigenvalue weighted by Gasteiger charge is 2.35. The molecule has 0 radical (unpaired) electrons. The number of ether oxygens (including phenoxy) is 2. The summed E-state index contributed by atoms with van der Waals surface area (Å²) in [6.45, 7) is 4.80. The molecule has 1 saturated heterocycles. The lowest BCUT2D eigenvalue weighted by Crippen LogP contribution is -2.27. The number of nitrogens with zero attached hydrogens (tertiary/aromatic N) is 2. The Morgan fingerprint density at radius 1 is 1.30 bits per heavy atom. The summed E-state index contributed by atoms with van der Waals surface area (Å²) in [5.74, 6) is -0.462. The van der Waals surface area contributed by atoms with E-state index in [1.807, 2.05) is 11.8 Å². The van der Waals surface area contributed by atoms with E-state index in [1.54, 1.807) is 27.2 Å². The van der Waals surface area contributed by atoms with Gasteiger partial charge < -0.3 is 19.5 Å². The first-order valence-corrected chi connectivity index (χ1v) is 6.50. The van der Waals surface area contributed by atoms with Crippen LogP contribution in [0.2, 0.25) is 0 Å². The normalized spacial score (nSPS) is 22.3. The van der Waals surface area contributed by atoms with E-state index in [9.17, 15) is 9.90 Å². The molecule has 1 N–H and O–H groups in total. The number of pyridine rings is 1. The van der Waals surface area contributed by atoms with E-state index in [-0.39, 0.29) is 17.8 Å². The number of aromatic carboxylic acids is 1. The molecule has 2 heterocycles.